The standard InChI is InChI=1S/C25H31N5O3/c1-17-6-5-7-19(12-17)30-15-18(26-27-30)13-20-16-33-11-10-29(20)25(32)22-14-24(31)28(2)23-9-4-3-8-21(22)23/h3-4,8-9,14-15,17,19-20H,5-7,10-13,16H2,1-2H3. The van der Waals surface area contributed by atoms with Gasteiger partial charge in [0.2, 0.25) is 0 Å². The summed E-state index contributed by atoms with van der Waals surface area (Å²) in [5, 5.41) is 9.61. The van der Waals surface area contributed by atoms with E-state index in [1.54, 1.807) is 11.6 Å². The first-order valence-electron chi connectivity index (χ1n) is 11.9. The largest absolute Gasteiger partial charge is 0.377 e. The van der Waals surface area contributed by atoms with Gasteiger partial charge < -0.3 is 14.2 Å². The van der Waals surface area contributed by atoms with Crippen molar-refractivity contribution < 1.29 is 9.53 Å². The zero-order chi connectivity index (χ0) is 22.9. The van der Waals surface area contributed by atoms with Crippen molar-refractivity contribution in [3.05, 3.63) is 58.1 Å². The smallest absolute Gasteiger partial charge is 0.255 e. The Morgan fingerprint density at radius 1 is 1.24 bits per heavy atom. The number of rotatable bonds is 4. The molecule has 3 atom stereocenters. The van der Waals surface area contributed by atoms with E-state index in [1.807, 2.05) is 40.0 Å². The third-order valence-electron chi connectivity index (χ3n) is 7.16. The third-order valence-corrected chi connectivity index (χ3v) is 7.16. The van der Waals surface area contributed by atoms with Gasteiger partial charge in [-0.1, -0.05) is 43.2 Å². The molecular formula is C25H31N5O3. The molecule has 2 aliphatic rings. The number of para-hydroxylation sites is 1. The molecule has 0 bridgehead atoms. The summed E-state index contributed by atoms with van der Waals surface area (Å²) in [5.41, 5.74) is 1.88. The fraction of sp³-hybridized carbons (Fsp3) is 0.520. The number of amides is 1. The molecule has 8 heteroatoms. The summed E-state index contributed by atoms with van der Waals surface area (Å²) >= 11 is 0. The Balaban J connectivity index is 1.39. The minimum absolute atomic E-state index is 0.134. The van der Waals surface area contributed by atoms with Crippen molar-refractivity contribution in [1.82, 2.24) is 24.5 Å². The van der Waals surface area contributed by atoms with Gasteiger partial charge in [-0.15, -0.1) is 5.10 Å². The molecule has 8 nitrogen and oxygen atoms in total. The monoisotopic (exact) mass is 449 g/mol. The molecule has 1 amide bonds. The molecule has 1 aliphatic carbocycles. The van der Waals surface area contributed by atoms with Crippen molar-refractivity contribution in [3.8, 4) is 0 Å². The lowest BCUT2D eigenvalue weighted by molar-refractivity contribution is -0.00180. The van der Waals surface area contributed by atoms with Crippen LogP contribution in [0, 0.1) is 5.92 Å². The van der Waals surface area contributed by atoms with Crippen LogP contribution >= 0.6 is 0 Å². The summed E-state index contributed by atoms with van der Waals surface area (Å²) in [5.74, 6) is 0.579. The molecule has 2 fully saturated rings. The van der Waals surface area contributed by atoms with E-state index in [9.17, 15) is 9.59 Å². The third kappa shape index (κ3) is 4.31. The summed E-state index contributed by atoms with van der Waals surface area (Å²) in [6, 6.07) is 9.25. The molecule has 2 aromatic heterocycles. The Kier molecular flexibility index (Phi) is 6.01. The molecule has 0 spiro atoms. The number of aryl methyl sites for hydroxylation is 1. The van der Waals surface area contributed by atoms with Gasteiger partial charge in [0.1, 0.15) is 0 Å². The first-order chi connectivity index (χ1) is 16.0. The molecule has 33 heavy (non-hydrogen) atoms. The molecule has 5 rings (SSSR count). The number of morpholine rings is 1. The minimum Gasteiger partial charge on any atom is -0.377 e. The summed E-state index contributed by atoms with van der Waals surface area (Å²) in [4.78, 5) is 28.0. The summed E-state index contributed by atoms with van der Waals surface area (Å²) in [7, 11) is 1.73. The highest BCUT2D eigenvalue weighted by atomic mass is 16.5. The maximum atomic E-state index is 13.6. The molecule has 0 radical (unpaired) electrons. The lowest BCUT2D eigenvalue weighted by Crippen LogP contribution is -2.50. The Labute approximate surface area is 193 Å². The van der Waals surface area contributed by atoms with Crippen molar-refractivity contribution in [3.63, 3.8) is 0 Å². The first kappa shape index (κ1) is 21.8. The number of pyridine rings is 1. The van der Waals surface area contributed by atoms with E-state index in [1.165, 1.54) is 18.9 Å². The molecular weight excluding hydrogens is 418 g/mol. The zero-order valence-electron chi connectivity index (χ0n) is 19.3. The van der Waals surface area contributed by atoms with Gasteiger partial charge in [0.15, 0.2) is 0 Å². The predicted octanol–water partition coefficient (Wildman–Crippen LogP) is 2.96. The second kappa shape index (κ2) is 9.09. The fourth-order valence-corrected chi connectivity index (χ4v) is 5.30. The van der Waals surface area contributed by atoms with Crippen molar-refractivity contribution in [2.45, 2.75) is 51.1 Å². The van der Waals surface area contributed by atoms with Gasteiger partial charge in [-0.05, 0) is 24.8 Å². The maximum Gasteiger partial charge on any atom is 0.255 e. The summed E-state index contributed by atoms with van der Waals surface area (Å²) in [6.45, 7) is 3.72. The Morgan fingerprint density at radius 2 is 2.09 bits per heavy atom. The molecule has 1 aromatic carbocycles. The molecule has 1 saturated carbocycles. The average molecular weight is 450 g/mol. The molecule has 0 N–H and O–H groups in total. The predicted molar refractivity (Wildman–Crippen MR) is 125 cm³/mol. The molecule has 3 heterocycles. The van der Waals surface area contributed by atoms with Gasteiger partial charge >= 0.3 is 0 Å². The first-order valence-corrected chi connectivity index (χ1v) is 11.9. The number of carbonyl (C=O) groups is 1. The van der Waals surface area contributed by atoms with Crippen molar-refractivity contribution >= 4 is 16.8 Å². The van der Waals surface area contributed by atoms with Crippen LogP contribution in [0.5, 0.6) is 0 Å². The fourth-order valence-electron chi connectivity index (χ4n) is 5.30. The van der Waals surface area contributed by atoms with Crippen LogP contribution in [-0.2, 0) is 18.2 Å². The van der Waals surface area contributed by atoms with Gasteiger partial charge in [-0.2, -0.15) is 0 Å². The summed E-state index contributed by atoms with van der Waals surface area (Å²) in [6.07, 6.45) is 7.40. The van der Waals surface area contributed by atoms with Crippen molar-refractivity contribution in [2.24, 2.45) is 13.0 Å². The Morgan fingerprint density at radius 3 is 2.94 bits per heavy atom. The van der Waals surface area contributed by atoms with Crippen LogP contribution in [0.4, 0.5) is 0 Å². The minimum atomic E-state index is -0.188. The molecule has 3 aromatic rings. The number of hydrogen-bond donors (Lipinski definition) is 0. The number of carbonyl (C=O) groups excluding carboxylic acids is 1. The topological polar surface area (TPSA) is 82.2 Å². The number of benzene rings is 1. The van der Waals surface area contributed by atoms with Crippen molar-refractivity contribution in [2.75, 3.05) is 19.8 Å². The van der Waals surface area contributed by atoms with Crippen LogP contribution in [0.1, 0.15) is 54.7 Å². The summed E-state index contributed by atoms with van der Waals surface area (Å²) < 4.78 is 9.31. The van der Waals surface area contributed by atoms with Crippen LogP contribution in [0.2, 0.25) is 0 Å². The number of fused-ring (bicyclic) bond motifs is 1. The lowest BCUT2D eigenvalue weighted by Gasteiger charge is -2.35. The highest BCUT2D eigenvalue weighted by Gasteiger charge is 2.31. The van der Waals surface area contributed by atoms with E-state index in [0.717, 1.165) is 29.4 Å². The highest BCUT2D eigenvalue weighted by molar-refractivity contribution is 6.06. The number of hydrogen-bond acceptors (Lipinski definition) is 5. The lowest BCUT2D eigenvalue weighted by atomic mass is 9.87. The van der Waals surface area contributed by atoms with Crippen LogP contribution < -0.4 is 5.56 Å². The van der Waals surface area contributed by atoms with Gasteiger partial charge in [0.05, 0.1) is 42.1 Å². The van der Waals surface area contributed by atoms with Crippen LogP contribution in [0.3, 0.4) is 0 Å². The van der Waals surface area contributed by atoms with Gasteiger partial charge in [0.25, 0.3) is 11.5 Å². The van der Waals surface area contributed by atoms with Crippen LogP contribution in [-0.4, -0.2) is 56.2 Å². The highest BCUT2D eigenvalue weighted by Crippen LogP contribution is 2.31. The second-order valence-corrected chi connectivity index (χ2v) is 9.52. The Hall–Kier alpha value is -3.00. The molecule has 1 saturated heterocycles. The van der Waals surface area contributed by atoms with Gasteiger partial charge in [0, 0.05) is 37.7 Å². The zero-order valence-corrected chi connectivity index (χ0v) is 19.3. The SMILES string of the molecule is CC1CCCC(n2cc(CC3COCCN3C(=O)c3cc(=O)n(C)c4ccccc34)nn2)C1. The quantitative estimate of drug-likeness (QED) is 0.612. The normalized spacial score (nSPS) is 23.7. The molecule has 1 aliphatic heterocycles. The number of nitrogens with zero attached hydrogens (tertiary/aromatic N) is 5. The molecule has 3 unspecified atom stereocenters. The number of aromatic nitrogens is 4. The Bertz CT molecular complexity index is 1220. The maximum absolute atomic E-state index is 13.6. The van der Waals surface area contributed by atoms with E-state index < -0.39 is 0 Å². The van der Waals surface area contributed by atoms with Gasteiger partial charge in [-0.3, -0.25) is 9.59 Å². The average Bonchev–Trinajstić information content (AvgIpc) is 3.30. The van der Waals surface area contributed by atoms with E-state index in [4.69, 9.17) is 4.74 Å². The number of ether oxygens (including phenoxy) is 1. The second-order valence-electron chi connectivity index (χ2n) is 9.52. The van der Waals surface area contributed by atoms with E-state index in [-0.39, 0.29) is 17.5 Å². The van der Waals surface area contributed by atoms with E-state index >= 15 is 0 Å². The van der Waals surface area contributed by atoms with Crippen LogP contribution in [0.25, 0.3) is 10.9 Å². The molecule has 174 valence electrons. The van der Waals surface area contributed by atoms with E-state index in [0.29, 0.717) is 43.7 Å². The van der Waals surface area contributed by atoms with E-state index in [2.05, 4.69) is 17.2 Å². The van der Waals surface area contributed by atoms with Crippen LogP contribution in [0.15, 0.2) is 41.3 Å². The van der Waals surface area contributed by atoms with Crippen molar-refractivity contribution in [1.29, 1.82) is 0 Å². The van der Waals surface area contributed by atoms with Gasteiger partial charge in [-0.25, -0.2) is 4.68 Å².